The number of hydrogen-bond acceptors (Lipinski definition) is 5. The van der Waals surface area contributed by atoms with Crippen LogP contribution in [0.5, 0.6) is 0 Å². The molecule has 2 N–H and O–H groups in total. The topological polar surface area (TPSA) is 92.4 Å². The maximum Gasteiger partial charge on any atom is 0.272 e. The number of nitrogens with two attached hydrogens (primary N) is 1. The van der Waals surface area contributed by atoms with Crippen molar-refractivity contribution in [3.63, 3.8) is 0 Å². The highest BCUT2D eigenvalue weighted by atomic mass is 16.2. The van der Waals surface area contributed by atoms with E-state index in [0.717, 1.165) is 88.7 Å². The van der Waals surface area contributed by atoms with Crippen molar-refractivity contribution in [2.45, 2.75) is 70.3 Å². The molecule has 28 heavy (non-hydrogen) atoms. The summed E-state index contributed by atoms with van der Waals surface area (Å²) in [7, 11) is 0. The molecule has 1 aromatic heterocycles. The molecule has 0 bridgehead atoms. The van der Waals surface area contributed by atoms with E-state index in [1.54, 1.807) is 0 Å². The highest BCUT2D eigenvalue weighted by molar-refractivity contribution is 5.94. The molecule has 0 radical (unpaired) electrons. The number of carbonyl (C=O) groups excluding carboxylic acids is 2. The molecule has 1 spiro atoms. The summed E-state index contributed by atoms with van der Waals surface area (Å²) in [6.45, 7) is 2.29. The number of carbonyl (C=O) groups is 2. The van der Waals surface area contributed by atoms with Crippen LogP contribution in [0.15, 0.2) is 0 Å². The number of likely N-dealkylation sites (tertiary alicyclic amines) is 2. The Hall–Kier alpha value is -2.18. The first-order valence-electron chi connectivity index (χ1n) is 10.8. The van der Waals surface area contributed by atoms with Gasteiger partial charge in [0.15, 0.2) is 0 Å². The van der Waals surface area contributed by atoms with Gasteiger partial charge >= 0.3 is 0 Å². The number of nitrogen functional groups attached to an aromatic ring is 1. The van der Waals surface area contributed by atoms with Crippen LogP contribution in [0, 0.1) is 5.41 Å². The lowest BCUT2D eigenvalue weighted by atomic mass is 9.73. The first-order valence-corrected chi connectivity index (χ1v) is 10.8. The number of fused-ring (bicyclic) bond motifs is 1. The van der Waals surface area contributed by atoms with Gasteiger partial charge in [-0.25, -0.2) is 9.97 Å². The molecule has 2 saturated heterocycles. The van der Waals surface area contributed by atoms with Crippen LogP contribution in [-0.4, -0.2) is 57.3 Å². The number of hydrogen-bond donors (Lipinski definition) is 1. The molecule has 1 atom stereocenters. The normalized spacial score (nSPS) is 27.8. The van der Waals surface area contributed by atoms with E-state index in [1.165, 1.54) is 0 Å². The Kier molecular flexibility index (Phi) is 4.29. The fourth-order valence-electron chi connectivity index (χ4n) is 5.42. The second kappa shape index (κ2) is 6.71. The van der Waals surface area contributed by atoms with E-state index in [4.69, 9.17) is 5.73 Å². The van der Waals surface area contributed by atoms with Crippen molar-refractivity contribution in [1.29, 1.82) is 0 Å². The number of rotatable bonds is 2. The molecular formula is C21H29N5O2. The van der Waals surface area contributed by atoms with Gasteiger partial charge in [0, 0.05) is 48.8 Å². The van der Waals surface area contributed by atoms with Crippen LogP contribution in [0.25, 0.3) is 0 Å². The minimum absolute atomic E-state index is 0.00111. The zero-order valence-corrected chi connectivity index (χ0v) is 16.5. The zero-order chi connectivity index (χ0) is 19.3. The maximum atomic E-state index is 13.4. The van der Waals surface area contributed by atoms with Crippen LogP contribution in [0.4, 0.5) is 5.95 Å². The molecule has 1 aromatic rings. The summed E-state index contributed by atoms with van der Waals surface area (Å²) in [4.78, 5) is 38.6. The zero-order valence-electron chi connectivity index (χ0n) is 16.5. The smallest absolute Gasteiger partial charge is 0.272 e. The Morgan fingerprint density at radius 2 is 1.86 bits per heavy atom. The predicted octanol–water partition coefficient (Wildman–Crippen LogP) is 1.94. The van der Waals surface area contributed by atoms with Gasteiger partial charge in [0.05, 0.1) is 0 Å². The third-order valence-electron chi connectivity index (χ3n) is 7.03. The quantitative estimate of drug-likeness (QED) is 0.843. The summed E-state index contributed by atoms with van der Waals surface area (Å²) in [5.41, 5.74) is 8.45. The molecule has 2 aliphatic heterocycles. The predicted molar refractivity (Wildman–Crippen MR) is 105 cm³/mol. The number of aromatic nitrogens is 2. The fraction of sp³-hybridized carbons (Fsp3) is 0.714. The molecule has 3 heterocycles. The third kappa shape index (κ3) is 3.14. The van der Waals surface area contributed by atoms with Crippen molar-refractivity contribution in [3.8, 4) is 0 Å². The highest BCUT2D eigenvalue weighted by Gasteiger charge is 2.46. The van der Waals surface area contributed by atoms with Crippen LogP contribution in [0.1, 0.15) is 73.1 Å². The molecule has 2 amide bonds. The average molecular weight is 383 g/mol. The minimum atomic E-state index is 0.00111. The summed E-state index contributed by atoms with van der Waals surface area (Å²) in [5.74, 6) is 0.509. The molecule has 0 aromatic carbocycles. The first-order chi connectivity index (χ1) is 13.5. The summed E-state index contributed by atoms with van der Waals surface area (Å²) in [6.07, 6.45) is 9.77. The van der Waals surface area contributed by atoms with Gasteiger partial charge in [-0.05, 0) is 57.8 Å². The van der Waals surface area contributed by atoms with Gasteiger partial charge in [-0.2, -0.15) is 0 Å². The molecular weight excluding hydrogens is 354 g/mol. The van der Waals surface area contributed by atoms with E-state index < -0.39 is 0 Å². The Morgan fingerprint density at radius 1 is 1.04 bits per heavy atom. The third-order valence-corrected chi connectivity index (χ3v) is 7.03. The maximum absolute atomic E-state index is 13.4. The van der Waals surface area contributed by atoms with Gasteiger partial charge in [0.25, 0.3) is 5.91 Å². The molecule has 4 aliphatic rings. The van der Waals surface area contributed by atoms with Gasteiger partial charge in [0.1, 0.15) is 5.69 Å². The Morgan fingerprint density at radius 3 is 2.68 bits per heavy atom. The van der Waals surface area contributed by atoms with Gasteiger partial charge in [0.2, 0.25) is 11.9 Å². The number of piperidine rings is 2. The number of amides is 2. The van der Waals surface area contributed by atoms with E-state index in [2.05, 4.69) is 14.9 Å². The second-order valence-corrected chi connectivity index (χ2v) is 9.15. The SMILES string of the molecule is Nc1nc2c(c(C(=O)N3CCC[C@]4(CCC(=O)N(C5CC5)C4)C3)n1)CCCC2. The van der Waals surface area contributed by atoms with Crippen molar-refractivity contribution < 1.29 is 9.59 Å². The molecule has 7 heteroatoms. The van der Waals surface area contributed by atoms with Gasteiger partial charge in [-0.15, -0.1) is 0 Å². The molecule has 1 saturated carbocycles. The Bertz CT molecular complexity index is 821. The summed E-state index contributed by atoms with van der Waals surface area (Å²) in [5, 5.41) is 0. The molecule has 2 aliphatic carbocycles. The summed E-state index contributed by atoms with van der Waals surface area (Å²) < 4.78 is 0. The van der Waals surface area contributed by atoms with Crippen molar-refractivity contribution in [1.82, 2.24) is 19.8 Å². The van der Waals surface area contributed by atoms with Gasteiger partial charge in [-0.3, -0.25) is 9.59 Å². The molecule has 150 valence electrons. The van der Waals surface area contributed by atoms with Crippen LogP contribution >= 0.6 is 0 Å². The Labute approximate surface area is 165 Å². The molecule has 5 rings (SSSR count). The van der Waals surface area contributed by atoms with Crippen LogP contribution in [-0.2, 0) is 17.6 Å². The van der Waals surface area contributed by atoms with Crippen LogP contribution < -0.4 is 5.73 Å². The van der Waals surface area contributed by atoms with Gasteiger partial charge in [-0.1, -0.05) is 0 Å². The van der Waals surface area contributed by atoms with Crippen molar-refractivity contribution in [3.05, 3.63) is 17.0 Å². The molecule has 0 unspecified atom stereocenters. The van der Waals surface area contributed by atoms with Crippen LogP contribution in [0.3, 0.4) is 0 Å². The minimum Gasteiger partial charge on any atom is -0.368 e. The largest absolute Gasteiger partial charge is 0.368 e. The Balaban J connectivity index is 1.39. The van der Waals surface area contributed by atoms with E-state index in [1.807, 2.05) is 4.90 Å². The lowest BCUT2D eigenvalue weighted by Gasteiger charge is -2.48. The summed E-state index contributed by atoms with van der Waals surface area (Å²) >= 11 is 0. The van der Waals surface area contributed by atoms with Crippen molar-refractivity contribution in [2.75, 3.05) is 25.4 Å². The van der Waals surface area contributed by atoms with Crippen molar-refractivity contribution in [2.24, 2.45) is 5.41 Å². The average Bonchev–Trinajstić information content (AvgIpc) is 3.54. The van der Waals surface area contributed by atoms with Crippen LogP contribution in [0.2, 0.25) is 0 Å². The van der Waals surface area contributed by atoms with E-state index in [0.29, 0.717) is 24.1 Å². The molecule has 3 fully saturated rings. The number of nitrogens with zero attached hydrogens (tertiary/aromatic N) is 4. The lowest BCUT2D eigenvalue weighted by molar-refractivity contribution is -0.139. The highest BCUT2D eigenvalue weighted by Crippen LogP contribution is 2.42. The monoisotopic (exact) mass is 383 g/mol. The lowest BCUT2D eigenvalue weighted by Crippen LogP contribution is -2.55. The van der Waals surface area contributed by atoms with Gasteiger partial charge < -0.3 is 15.5 Å². The van der Waals surface area contributed by atoms with E-state index in [9.17, 15) is 9.59 Å². The number of anilines is 1. The second-order valence-electron chi connectivity index (χ2n) is 9.15. The van der Waals surface area contributed by atoms with E-state index >= 15 is 0 Å². The number of aryl methyl sites for hydroxylation is 1. The van der Waals surface area contributed by atoms with Crippen molar-refractivity contribution >= 4 is 17.8 Å². The first kappa shape index (κ1) is 17.9. The standard InChI is InChI=1S/C21H29N5O2/c22-20-23-16-5-2-1-4-15(16)18(24-20)19(28)25-11-3-9-21(12-25)10-8-17(27)26(13-21)14-6-7-14/h14H,1-13H2,(H2,22,23,24)/t21-/m0/s1. The summed E-state index contributed by atoms with van der Waals surface area (Å²) in [6, 6.07) is 0.449. The molecule has 7 nitrogen and oxygen atoms in total. The van der Waals surface area contributed by atoms with E-state index in [-0.39, 0.29) is 17.3 Å². The fourth-order valence-corrected chi connectivity index (χ4v) is 5.42.